The van der Waals surface area contributed by atoms with Crippen molar-refractivity contribution in [1.82, 2.24) is 5.32 Å². The van der Waals surface area contributed by atoms with Crippen LogP contribution in [-0.2, 0) is 0 Å². The SMILES string of the molecule is CC(NCC#N)c1ccsc1. The summed E-state index contributed by atoms with van der Waals surface area (Å²) in [6.45, 7) is 2.47. The smallest absolute Gasteiger partial charge is 0.0845 e. The van der Waals surface area contributed by atoms with E-state index in [9.17, 15) is 0 Å². The van der Waals surface area contributed by atoms with Crippen molar-refractivity contribution in [3.8, 4) is 6.07 Å². The molecular formula is C8H10N2S. The Hall–Kier alpha value is -0.850. The molecule has 0 aliphatic rings. The van der Waals surface area contributed by atoms with Crippen molar-refractivity contribution in [3.63, 3.8) is 0 Å². The Morgan fingerprint density at radius 1 is 1.82 bits per heavy atom. The monoisotopic (exact) mass is 166 g/mol. The summed E-state index contributed by atoms with van der Waals surface area (Å²) in [5.74, 6) is 0. The van der Waals surface area contributed by atoms with Gasteiger partial charge in [0.25, 0.3) is 0 Å². The number of hydrogen-bond acceptors (Lipinski definition) is 3. The molecule has 11 heavy (non-hydrogen) atoms. The van der Waals surface area contributed by atoms with Crippen molar-refractivity contribution in [2.24, 2.45) is 0 Å². The molecule has 0 spiro atoms. The summed E-state index contributed by atoms with van der Waals surface area (Å²) in [6, 6.07) is 4.41. The second-order valence-electron chi connectivity index (χ2n) is 2.32. The van der Waals surface area contributed by atoms with Gasteiger partial charge in [-0.15, -0.1) is 0 Å². The molecule has 1 atom stereocenters. The molecule has 0 aliphatic carbocycles. The number of nitriles is 1. The lowest BCUT2D eigenvalue weighted by Gasteiger charge is -2.07. The van der Waals surface area contributed by atoms with Crippen molar-refractivity contribution >= 4 is 11.3 Å². The summed E-state index contributed by atoms with van der Waals surface area (Å²) in [5.41, 5.74) is 1.25. The van der Waals surface area contributed by atoms with Gasteiger partial charge in [0.15, 0.2) is 0 Å². The maximum atomic E-state index is 8.30. The van der Waals surface area contributed by atoms with Crippen LogP contribution in [0.2, 0.25) is 0 Å². The first-order valence-corrected chi connectivity index (χ1v) is 4.41. The van der Waals surface area contributed by atoms with E-state index in [-0.39, 0.29) is 0 Å². The van der Waals surface area contributed by atoms with Crippen LogP contribution in [0, 0.1) is 11.3 Å². The number of hydrogen-bond donors (Lipinski definition) is 1. The van der Waals surface area contributed by atoms with E-state index in [1.165, 1.54) is 5.56 Å². The molecule has 0 aliphatic heterocycles. The minimum Gasteiger partial charge on any atom is -0.298 e. The lowest BCUT2D eigenvalue weighted by molar-refractivity contribution is 0.623. The topological polar surface area (TPSA) is 35.8 Å². The first-order chi connectivity index (χ1) is 5.34. The van der Waals surface area contributed by atoms with Crippen molar-refractivity contribution in [2.45, 2.75) is 13.0 Å². The number of nitrogens with zero attached hydrogens (tertiary/aromatic N) is 1. The van der Waals surface area contributed by atoms with E-state index in [0.717, 1.165) is 0 Å². The highest BCUT2D eigenvalue weighted by Gasteiger charge is 2.02. The average Bonchev–Trinajstić information content (AvgIpc) is 2.52. The van der Waals surface area contributed by atoms with E-state index < -0.39 is 0 Å². The van der Waals surface area contributed by atoms with Gasteiger partial charge in [0.1, 0.15) is 0 Å². The molecule has 3 heteroatoms. The van der Waals surface area contributed by atoms with E-state index in [1.54, 1.807) is 11.3 Å². The van der Waals surface area contributed by atoms with Crippen molar-refractivity contribution in [3.05, 3.63) is 22.4 Å². The van der Waals surface area contributed by atoms with Crippen LogP contribution in [0.25, 0.3) is 0 Å². The molecule has 0 aromatic carbocycles. The molecule has 2 nitrogen and oxygen atoms in total. The zero-order valence-corrected chi connectivity index (χ0v) is 7.19. The molecule has 0 amide bonds. The van der Waals surface area contributed by atoms with Gasteiger partial charge in [-0.3, -0.25) is 5.32 Å². The van der Waals surface area contributed by atoms with Gasteiger partial charge in [-0.2, -0.15) is 16.6 Å². The largest absolute Gasteiger partial charge is 0.298 e. The van der Waals surface area contributed by atoms with Crippen LogP contribution >= 0.6 is 11.3 Å². The average molecular weight is 166 g/mol. The van der Waals surface area contributed by atoms with Crippen LogP contribution in [0.1, 0.15) is 18.5 Å². The van der Waals surface area contributed by atoms with Crippen molar-refractivity contribution in [1.29, 1.82) is 5.26 Å². The van der Waals surface area contributed by atoms with E-state index in [1.807, 2.05) is 5.38 Å². The van der Waals surface area contributed by atoms with Gasteiger partial charge in [0.05, 0.1) is 12.6 Å². The first-order valence-electron chi connectivity index (χ1n) is 3.47. The normalized spacial score (nSPS) is 12.4. The van der Waals surface area contributed by atoms with Gasteiger partial charge in [0.2, 0.25) is 0 Å². The summed E-state index contributed by atoms with van der Waals surface area (Å²) in [5, 5.41) is 15.5. The molecule has 58 valence electrons. The van der Waals surface area contributed by atoms with Crippen LogP contribution in [-0.4, -0.2) is 6.54 Å². The summed E-state index contributed by atoms with van der Waals surface area (Å²) in [7, 11) is 0. The molecule has 1 rings (SSSR count). The summed E-state index contributed by atoms with van der Waals surface area (Å²) in [6.07, 6.45) is 0. The predicted octanol–water partition coefficient (Wildman–Crippen LogP) is 1.92. The number of thiophene rings is 1. The van der Waals surface area contributed by atoms with Gasteiger partial charge >= 0.3 is 0 Å². The zero-order chi connectivity index (χ0) is 8.10. The Bertz CT molecular complexity index is 235. The van der Waals surface area contributed by atoms with Crippen LogP contribution in [0.3, 0.4) is 0 Å². The van der Waals surface area contributed by atoms with E-state index in [4.69, 9.17) is 5.26 Å². The van der Waals surface area contributed by atoms with Gasteiger partial charge in [-0.05, 0) is 29.3 Å². The van der Waals surface area contributed by atoms with Crippen LogP contribution in [0.4, 0.5) is 0 Å². The summed E-state index contributed by atoms with van der Waals surface area (Å²) in [4.78, 5) is 0. The lowest BCUT2D eigenvalue weighted by Crippen LogP contribution is -2.17. The van der Waals surface area contributed by atoms with E-state index in [0.29, 0.717) is 12.6 Å². The first kappa shape index (κ1) is 8.25. The minimum absolute atomic E-state index is 0.292. The Morgan fingerprint density at radius 2 is 2.64 bits per heavy atom. The van der Waals surface area contributed by atoms with Crippen LogP contribution in [0.15, 0.2) is 16.8 Å². The molecule has 1 unspecified atom stereocenters. The molecule has 0 fully saturated rings. The molecule has 1 aromatic heterocycles. The third-order valence-corrected chi connectivity index (χ3v) is 2.23. The highest BCUT2D eigenvalue weighted by molar-refractivity contribution is 7.07. The maximum absolute atomic E-state index is 8.30. The Kier molecular flexibility index (Phi) is 3.09. The second-order valence-corrected chi connectivity index (χ2v) is 3.10. The van der Waals surface area contributed by atoms with Crippen LogP contribution in [0.5, 0.6) is 0 Å². The lowest BCUT2D eigenvalue weighted by atomic mass is 10.2. The predicted molar refractivity (Wildman–Crippen MR) is 46.3 cm³/mol. The van der Waals surface area contributed by atoms with E-state index in [2.05, 4.69) is 29.8 Å². The van der Waals surface area contributed by atoms with Gasteiger partial charge in [0, 0.05) is 6.04 Å². The fourth-order valence-corrected chi connectivity index (χ4v) is 1.59. The minimum atomic E-state index is 0.292. The molecule has 0 radical (unpaired) electrons. The molecule has 0 saturated carbocycles. The van der Waals surface area contributed by atoms with Gasteiger partial charge in [-0.1, -0.05) is 0 Å². The van der Waals surface area contributed by atoms with Crippen molar-refractivity contribution < 1.29 is 0 Å². The van der Waals surface area contributed by atoms with Gasteiger partial charge in [-0.25, -0.2) is 0 Å². The Labute approximate surface area is 70.5 Å². The summed E-state index contributed by atoms with van der Waals surface area (Å²) < 4.78 is 0. The fraction of sp³-hybridized carbons (Fsp3) is 0.375. The zero-order valence-electron chi connectivity index (χ0n) is 6.37. The molecule has 0 bridgehead atoms. The molecule has 0 saturated heterocycles. The fourth-order valence-electron chi connectivity index (χ4n) is 0.838. The van der Waals surface area contributed by atoms with E-state index >= 15 is 0 Å². The number of nitrogens with one attached hydrogen (secondary N) is 1. The number of rotatable bonds is 3. The maximum Gasteiger partial charge on any atom is 0.0845 e. The Balaban J connectivity index is 2.44. The quantitative estimate of drug-likeness (QED) is 0.696. The molecular weight excluding hydrogens is 156 g/mol. The summed E-state index contributed by atoms with van der Waals surface area (Å²) >= 11 is 1.68. The highest BCUT2D eigenvalue weighted by Crippen LogP contribution is 2.14. The Morgan fingerprint density at radius 3 is 3.18 bits per heavy atom. The molecule has 1 heterocycles. The van der Waals surface area contributed by atoms with Gasteiger partial charge < -0.3 is 0 Å². The third-order valence-electron chi connectivity index (χ3n) is 1.53. The molecule has 1 N–H and O–H groups in total. The van der Waals surface area contributed by atoms with Crippen molar-refractivity contribution in [2.75, 3.05) is 6.54 Å². The van der Waals surface area contributed by atoms with Crippen LogP contribution < -0.4 is 5.32 Å². The molecule has 1 aromatic rings. The highest BCUT2D eigenvalue weighted by atomic mass is 32.1. The third kappa shape index (κ3) is 2.34. The second kappa shape index (κ2) is 4.12. The standard InChI is InChI=1S/C8H10N2S/c1-7(10-4-3-9)8-2-5-11-6-8/h2,5-7,10H,4H2,1H3.